The summed E-state index contributed by atoms with van der Waals surface area (Å²) in [5.41, 5.74) is 18.8. The number of morpholine rings is 2. The van der Waals surface area contributed by atoms with Gasteiger partial charge in [0.1, 0.15) is 5.15 Å². The average Bonchev–Trinajstić information content (AvgIpc) is 4.41. The molecule has 2 spiro atoms. The maximum Gasteiger partial charge on any atom is 0.494 e. The van der Waals surface area contributed by atoms with Crippen molar-refractivity contribution < 1.29 is 28.4 Å². The molecule has 0 bridgehead atoms. The van der Waals surface area contributed by atoms with E-state index in [1.807, 2.05) is 18.5 Å². The second-order valence-corrected chi connectivity index (χ2v) is 25.4. The van der Waals surface area contributed by atoms with Gasteiger partial charge in [0.2, 0.25) is 0 Å². The molecule has 15 rings (SSSR count). The molecule has 3 saturated heterocycles. The number of carbonyl (C=O) groups excluding carboxylic acids is 2. The Morgan fingerprint density at radius 1 is 0.605 bits per heavy atom. The number of ether oxygens (including phenoxy) is 2. The number of halogens is 1. The van der Waals surface area contributed by atoms with Gasteiger partial charge in [-0.15, -0.1) is 0 Å². The number of fused-ring (bicyclic) bond motifs is 10. The summed E-state index contributed by atoms with van der Waals surface area (Å²) < 4.78 is 23.1. The van der Waals surface area contributed by atoms with E-state index < -0.39 is 0 Å². The van der Waals surface area contributed by atoms with Crippen molar-refractivity contribution in [1.29, 1.82) is 0 Å². The molecule has 4 N–H and O–H groups in total. The van der Waals surface area contributed by atoms with Crippen LogP contribution in [-0.4, -0.2) is 137 Å². The van der Waals surface area contributed by atoms with Gasteiger partial charge in [0.15, 0.2) is 0 Å². The van der Waals surface area contributed by atoms with E-state index in [4.69, 9.17) is 35.4 Å². The Labute approximate surface area is 483 Å². The zero-order valence-electron chi connectivity index (χ0n) is 47.1. The van der Waals surface area contributed by atoms with Crippen LogP contribution < -0.4 is 16.1 Å². The second-order valence-electron chi connectivity index (χ2n) is 25.0. The first-order chi connectivity index (χ1) is 38.7. The summed E-state index contributed by atoms with van der Waals surface area (Å²) in [5, 5.41) is 6.97. The van der Waals surface area contributed by atoms with Crippen LogP contribution in [-0.2, 0) is 70.1 Å². The third-order valence-corrected chi connectivity index (χ3v) is 19.1. The zero-order chi connectivity index (χ0) is 54.8. The number of H-pyrrole nitrogens is 2. The van der Waals surface area contributed by atoms with Gasteiger partial charge in [-0.25, -0.2) is 4.98 Å². The number of carbonyl (C=O) groups is 2. The summed E-state index contributed by atoms with van der Waals surface area (Å²) in [6.07, 6.45) is 18.3. The molecule has 4 aromatic heterocycles. The number of aromatic amines is 2. The summed E-state index contributed by atoms with van der Waals surface area (Å²) >= 11 is 6.05. The number of amides is 2. The van der Waals surface area contributed by atoms with Crippen molar-refractivity contribution in [2.24, 2.45) is 0 Å². The summed E-state index contributed by atoms with van der Waals surface area (Å²) in [5.74, 6) is 0.207. The van der Waals surface area contributed by atoms with Crippen molar-refractivity contribution in [3.63, 3.8) is 0 Å². The number of aryl methyl sites for hydroxylation is 4. The molecule has 16 heteroatoms. The lowest BCUT2D eigenvalue weighted by molar-refractivity contribution is 0.00578. The van der Waals surface area contributed by atoms with Gasteiger partial charge in [-0.2, -0.15) is 0 Å². The van der Waals surface area contributed by atoms with Crippen molar-refractivity contribution in [1.82, 2.24) is 40.4 Å². The molecule has 0 unspecified atom stereocenters. The van der Waals surface area contributed by atoms with Crippen LogP contribution >= 0.6 is 11.6 Å². The largest absolute Gasteiger partial charge is 0.494 e. The minimum atomic E-state index is -0.283. The number of nitrogens with one attached hydrogen (secondary N) is 4. The van der Waals surface area contributed by atoms with E-state index in [1.165, 1.54) is 46.2 Å². The van der Waals surface area contributed by atoms with Gasteiger partial charge in [0, 0.05) is 90.6 Å². The first-order valence-electron chi connectivity index (χ1n) is 29.6. The molecule has 9 heterocycles. The SMILES string of the molecule is C.CC1(C)OB(c2ccc(CCCN3CCOCC3)cc2)OC1(C)C.O=C1NC2(CC2)Cc2[nH]c3c(c21)CCc1cnc(-c2ccc(CCCN4CCOCC4)cc2)cc1-3.O=C1NC2(CC2)Cc2[nH]c3c(c21)CCc1cnc(Cl)cc1-3. The van der Waals surface area contributed by atoms with Crippen molar-refractivity contribution in [2.45, 2.75) is 147 Å². The summed E-state index contributed by atoms with van der Waals surface area (Å²) in [6, 6.07) is 21.7. The number of rotatable bonds is 10. The van der Waals surface area contributed by atoms with Gasteiger partial charge < -0.3 is 39.4 Å². The van der Waals surface area contributed by atoms with Crippen LogP contribution in [0.4, 0.5) is 0 Å². The Morgan fingerprint density at radius 3 is 1.54 bits per heavy atom. The van der Waals surface area contributed by atoms with Gasteiger partial charge in [0.05, 0.1) is 65.8 Å². The highest BCUT2D eigenvalue weighted by atomic mass is 35.5. The molecule has 5 fully saturated rings. The Bertz CT molecular complexity index is 3280. The van der Waals surface area contributed by atoms with E-state index >= 15 is 0 Å². The second kappa shape index (κ2) is 22.5. The highest BCUT2D eigenvalue weighted by Crippen LogP contribution is 2.47. The summed E-state index contributed by atoms with van der Waals surface area (Å²) in [7, 11) is -0.266. The molecule has 6 aromatic rings. The molecule has 0 radical (unpaired) electrons. The van der Waals surface area contributed by atoms with Crippen LogP contribution in [0, 0.1) is 0 Å². The van der Waals surface area contributed by atoms with Crippen molar-refractivity contribution in [3.05, 3.63) is 134 Å². The molecule has 0 atom stereocenters. The highest BCUT2D eigenvalue weighted by Gasteiger charge is 2.52. The number of hydrogen-bond donors (Lipinski definition) is 4. The monoisotopic (exact) mass is 1110 g/mol. The van der Waals surface area contributed by atoms with Gasteiger partial charge in [-0.1, -0.05) is 67.6 Å². The molecule has 9 aliphatic rings. The van der Waals surface area contributed by atoms with Crippen LogP contribution in [0.15, 0.2) is 73.1 Å². The number of benzene rings is 2. The zero-order valence-corrected chi connectivity index (χ0v) is 47.8. The minimum absolute atomic E-state index is 0. The maximum atomic E-state index is 12.9. The average molecular weight is 1120 g/mol. The topological polar surface area (TPSA) is 159 Å². The molecule has 4 aliphatic carbocycles. The van der Waals surface area contributed by atoms with Crippen LogP contribution in [0.3, 0.4) is 0 Å². The fourth-order valence-corrected chi connectivity index (χ4v) is 13.2. The molecule has 14 nitrogen and oxygen atoms in total. The maximum absolute atomic E-state index is 12.9. The minimum Gasteiger partial charge on any atom is -0.399 e. The van der Waals surface area contributed by atoms with E-state index in [2.05, 4.69) is 118 Å². The fourth-order valence-electron chi connectivity index (χ4n) is 13.1. The Balaban J connectivity index is 0.000000125. The number of hydrogen-bond acceptors (Lipinski definition) is 10. The van der Waals surface area contributed by atoms with E-state index in [0.29, 0.717) is 5.15 Å². The highest BCUT2D eigenvalue weighted by molar-refractivity contribution is 6.62. The van der Waals surface area contributed by atoms with Gasteiger partial charge in [-0.05, 0) is 169 Å². The lowest BCUT2D eigenvalue weighted by Gasteiger charge is -2.32. The predicted octanol–water partition coefficient (Wildman–Crippen LogP) is 9.46. The van der Waals surface area contributed by atoms with Gasteiger partial charge in [-0.3, -0.25) is 24.4 Å². The molecule has 2 saturated carbocycles. The standard InChI is InChI=1S/C29H32N4O2.C19H30BNO3.C16H14ClN3O.CH4/c34-28-26-22-8-7-21-18-30-24(16-23(21)27(22)31-25(26)17-29(32-28)9-10-29)20-5-3-19(4-6-20)2-1-11-33-12-14-35-15-13-33;1-18(2)19(3,4)24-20(23-18)17-9-7-16(8-10-17)6-5-11-21-12-14-22-15-13-21;17-12-5-10-8(7-18-12)1-2-9-13-11(19-14(9)10)6-16(3-4-16)20-15(13)21;/h3-6,16,18,31H,1-2,7-15,17H2,(H,32,34);7-10H,5-6,11-15H2,1-4H3;5,7,19H,1-4,6H2,(H,20,21);1H4. The van der Waals surface area contributed by atoms with E-state index in [-0.39, 0.29) is 48.6 Å². The van der Waals surface area contributed by atoms with Gasteiger partial charge >= 0.3 is 7.12 Å². The molecule has 426 valence electrons. The Kier molecular flexibility index (Phi) is 15.5. The fraction of sp³-hybridized carbons (Fsp3) is 0.508. The Hall–Kier alpha value is -5.65. The molecule has 2 aromatic carbocycles. The lowest BCUT2D eigenvalue weighted by atomic mass is 9.78. The molecular formula is C65H80BClN8O6. The van der Waals surface area contributed by atoms with E-state index in [0.717, 1.165) is 204 Å². The number of pyridine rings is 2. The first-order valence-corrected chi connectivity index (χ1v) is 30.0. The van der Waals surface area contributed by atoms with Crippen LogP contribution in [0.2, 0.25) is 5.15 Å². The number of nitrogens with zero attached hydrogens (tertiary/aromatic N) is 4. The van der Waals surface area contributed by atoms with Crippen molar-refractivity contribution >= 4 is 36.0 Å². The predicted molar refractivity (Wildman–Crippen MR) is 320 cm³/mol. The Morgan fingerprint density at radius 2 is 1.06 bits per heavy atom. The van der Waals surface area contributed by atoms with Crippen LogP contribution in [0.1, 0.15) is 139 Å². The summed E-state index contributed by atoms with van der Waals surface area (Å²) in [6.45, 7) is 18.4. The third kappa shape index (κ3) is 11.6. The van der Waals surface area contributed by atoms with E-state index in [1.54, 1.807) is 0 Å². The molecule has 2 amide bonds. The number of aromatic nitrogens is 4. The molecule has 5 aliphatic heterocycles. The van der Waals surface area contributed by atoms with Gasteiger partial charge in [0.25, 0.3) is 11.8 Å². The van der Waals surface area contributed by atoms with Crippen molar-refractivity contribution in [2.75, 3.05) is 65.7 Å². The van der Waals surface area contributed by atoms with Crippen LogP contribution in [0.25, 0.3) is 33.8 Å². The first kappa shape index (κ1) is 55.9. The van der Waals surface area contributed by atoms with Crippen LogP contribution in [0.5, 0.6) is 0 Å². The normalized spacial score (nSPS) is 21.0. The lowest BCUT2D eigenvalue weighted by Crippen LogP contribution is -2.43. The quantitative estimate of drug-likeness (QED) is 0.0770. The molecular weight excluding hydrogens is 1040 g/mol. The van der Waals surface area contributed by atoms with E-state index in [9.17, 15) is 9.59 Å². The van der Waals surface area contributed by atoms with Crippen molar-refractivity contribution in [3.8, 4) is 33.8 Å². The smallest absolute Gasteiger partial charge is 0.399 e. The third-order valence-electron chi connectivity index (χ3n) is 18.9. The summed E-state index contributed by atoms with van der Waals surface area (Å²) in [4.78, 5) is 46.6. The molecule has 81 heavy (non-hydrogen) atoms.